The van der Waals surface area contributed by atoms with Crippen LogP contribution >= 0.6 is 0 Å². The van der Waals surface area contributed by atoms with Crippen molar-refractivity contribution in [2.24, 2.45) is 4.99 Å². The van der Waals surface area contributed by atoms with Crippen LogP contribution in [-0.2, 0) is 14.3 Å². The number of cyclic esters (lactones) is 1. The molecule has 0 aromatic heterocycles. The Hall–Kier alpha value is -4.01. The second kappa shape index (κ2) is 7.93. The van der Waals surface area contributed by atoms with Gasteiger partial charge in [-0.2, -0.15) is 0 Å². The molecule has 9 nitrogen and oxygen atoms in total. The lowest BCUT2D eigenvalue weighted by Gasteiger charge is -2.08. The summed E-state index contributed by atoms with van der Waals surface area (Å²) in [5, 5.41) is 11.1. The Morgan fingerprint density at radius 2 is 2.00 bits per heavy atom. The van der Waals surface area contributed by atoms with E-state index in [2.05, 4.69) is 4.99 Å². The van der Waals surface area contributed by atoms with Crippen LogP contribution < -0.4 is 9.47 Å². The van der Waals surface area contributed by atoms with Gasteiger partial charge in [0.25, 0.3) is 5.69 Å². The molecule has 148 valence electrons. The number of carbonyl (C=O) groups is 2. The second-order valence-corrected chi connectivity index (χ2v) is 6.05. The normalized spacial score (nSPS) is 14.4. The van der Waals surface area contributed by atoms with Gasteiger partial charge in [-0.1, -0.05) is 12.1 Å². The molecule has 3 rings (SSSR count). The van der Waals surface area contributed by atoms with Crippen molar-refractivity contribution in [2.45, 2.75) is 13.8 Å². The number of nitro groups is 1. The molecule has 2 aromatic rings. The average Bonchev–Trinajstić information content (AvgIpc) is 3.01. The summed E-state index contributed by atoms with van der Waals surface area (Å²) in [6.45, 7) is 2.82. The van der Waals surface area contributed by atoms with Gasteiger partial charge in [0.05, 0.1) is 12.0 Å². The number of hydrogen-bond acceptors (Lipinski definition) is 8. The van der Waals surface area contributed by atoms with Crippen LogP contribution in [0.1, 0.15) is 23.6 Å². The van der Waals surface area contributed by atoms with E-state index >= 15 is 0 Å². The minimum absolute atomic E-state index is 0.00449. The molecule has 0 N–H and O–H groups in total. The van der Waals surface area contributed by atoms with Crippen molar-refractivity contribution in [3.8, 4) is 11.5 Å². The first-order valence-electron chi connectivity index (χ1n) is 8.43. The summed E-state index contributed by atoms with van der Waals surface area (Å²) in [6, 6.07) is 9.20. The zero-order valence-corrected chi connectivity index (χ0v) is 15.8. The largest absolute Gasteiger partial charge is 0.493 e. The van der Waals surface area contributed by atoms with Gasteiger partial charge < -0.3 is 14.2 Å². The van der Waals surface area contributed by atoms with Crippen molar-refractivity contribution in [1.82, 2.24) is 0 Å². The van der Waals surface area contributed by atoms with Crippen LogP contribution in [0.5, 0.6) is 11.5 Å². The van der Waals surface area contributed by atoms with Crippen molar-refractivity contribution < 1.29 is 28.7 Å². The Balaban J connectivity index is 1.99. The zero-order valence-electron chi connectivity index (χ0n) is 15.8. The molecule has 0 atom stereocenters. The third-order valence-electron chi connectivity index (χ3n) is 4.10. The molecule has 1 heterocycles. The van der Waals surface area contributed by atoms with Crippen LogP contribution in [0.25, 0.3) is 6.08 Å². The minimum atomic E-state index is -0.698. The zero-order chi connectivity index (χ0) is 21.1. The molecule has 0 saturated heterocycles. The Bertz CT molecular complexity index is 1090. The quantitative estimate of drug-likeness (QED) is 0.250. The molecular formula is C20H16N2O7. The lowest BCUT2D eigenvalue weighted by molar-refractivity contribution is -0.385. The second-order valence-electron chi connectivity index (χ2n) is 6.05. The monoisotopic (exact) mass is 396 g/mol. The maximum absolute atomic E-state index is 12.2. The lowest BCUT2D eigenvalue weighted by Crippen LogP contribution is -2.08. The van der Waals surface area contributed by atoms with Crippen LogP contribution in [0.15, 0.2) is 47.1 Å². The molecule has 0 aliphatic carbocycles. The summed E-state index contributed by atoms with van der Waals surface area (Å²) in [6.07, 6.45) is 1.45. The smallest absolute Gasteiger partial charge is 0.363 e. The lowest BCUT2D eigenvalue weighted by atomic mass is 10.1. The molecule has 29 heavy (non-hydrogen) atoms. The molecule has 0 radical (unpaired) electrons. The third kappa shape index (κ3) is 4.13. The molecule has 9 heteroatoms. The van der Waals surface area contributed by atoms with Crippen molar-refractivity contribution in [3.05, 3.63) is 68.9 Å². The molecule has 0 amide bonds. The molecule has 0 fully saturated rings. The fourth-order valence-corrected chi connectivity index (χ4v) is 2.75. The summed E-state index contributed by atoms with van der Waals surface area (Å²) in [7, 11) is 1.44. The summed E-state index contributed by atoms with van der Waals surface area (Å²) >= 11 is 0. The van der Waals surface area contributed by atoms with Crippen molar-refractivity contribution in [1.29, 1.82) is 0 Å². The van der Waals surface area contributed by atoms with Crippen LogP contribution in [0.4, 0.5) is 5.69 Å². The van der Waals surface area contributed by atoms with Gasteiger partial charge in [0.2, 0.25) is 5.90 Å². The first kappa shape index (κ1) is 19.7. The fourth-order valence-electron chi connectivity index (χ4n) is 2.75. The number of esters is 2. The van der Waals surface area contributed by atoms with E-state index in [1.807, 2.05) is 0 Å². The maximum Gasteiger partial charge on any atom is 0.363 e. The van der Waals surface area contributed by atoms with E-state index in [-0.39, 0.29) is 23.0 Å². The Kier molecular flexibility index (Phi) is 5.40. The predicted molar refractivity (Wildman–Crippen MR) is 103 cm³/mol. The highest BCUT2D eigenvalue weighted by Crippen LogP contribution is 2.30. The van der Waals surface area contributed by atoms with Crippen molar-refractivity contribution in [2.75, 3.05) is 7.11 Å². The van der Waals surface area contributed by atoms with Gasteiger partial charge in [-0.15, -0.1) is 0 Å². The predicted octanol–water partition coefficient (Wildman–Crippen LogP) is 3.18. The first-order valence-corrected chi connectivity index (χ1v) is 8.43. The topological polar surface area (TPSA) is 117 Å². The fraction of sp³-hybridized carbons (Fsp3) is 0.150. The molecule has 0 spiro atoms. The third-order valence-corrected chi connectivity index (χ3v) is 4.10. The van der Waals surface area contributed by atoms with Crippen LogP contribution in [0.2, 0.25) is 0 Å². The number of rotatable bonds is 5. The molecule has 1 aliphatic rings. The summed E-state index contributed by atoms with van der Waals surface area (Å²) in [5.41, 5.74) is 1.12. The van der Waals surface area contributed by atoms with Crippen LogP contribution in [0.3, 0.4) is 0 Å². The number of nitrogens with zero attached hydrogens (tertiary/aromatic N) is 2. The Morgan fingerprint density at radius 3 is 2.66 bits per heavy atom. The van der Waals surface area contributed by atoms with Gasteiger partial charge in [0, 0.05) is 24.1 Å². The van der Waals surface area contributed by atoms with E-state index in [9.17, 15) is 19.7 Å². The Morgan fingerprint density at radius 1 is 1.24 bits per heavy atom. The van der Waals surface area contributed by atoms with Crippen molar-refractivity contribution >= 4 is 29.6 Å². The highest BCUT2D eigenvalue weighted by atomic mass is 16.6. The highest BCUT2D eigenvalue weighted by molar-refractivity contribution is 6.13. The number of hydrogen-bond donors (Lipinski definition) is 0. The van der Waals surface area contributed by atoms with E-state index in [0.717, 1.165) is 0 Å². The standard InChI is InChI=1S/C20H16N2O7/c1-11-14(5-4-6-16(11)22(25)26)19-21-15(20(24)29-19)9-13-7-8-17(27-3)18(10-13)28-12(2)23/h4-10H,1-3H3/b15-9-. The van der Waals surface area contributed by atoms with Crippen molar-refractivity contribution in [3.63, 3.8) is 0 Å². The van der Waals surface area contributed by atoms with Gasteiger partial charge in [-0.25, -0.2) is 9.79 Å². The van der Waals surface area contributed by atoms with Crippen LogP contribution in [0, 0.1) is 17.0 Å². The summed E-state index contributed by atoms with van der Waals surface area (Å²) < 4.78 is 15.4. The van der Waals surface area contributed by atoms with Gasteiger partial charge >= 0.3 is 11.9 Å². The molecule has 2 aromatic carbocycles. The molecular weight excluding hydrogens is 380 g/mol. The number of methoxy groups -OCH3 is 1. The van der Waals surface area contributed by atoms with Gasteiger partial charge in [-0.3, -0.25) is 14.9 Å². The SMILES string of the molecule is COc1ccc(/C=C2\N=C(c3cccc([N+](=O)[O-])c3C)OC2=O)cc1OC(C)=O. The van der Waals surface area contributed by atoms with Crippen LogP contribution in [-0.4, -0.2) is 29.9 Å². The molecule has 0 saturated carbocycles. The van der Waals surface area contributed by atoms with E-state index in [1.165, 1.54) is 38.3 Å². The number of ether oxygens (including phenoxy) is 3. The number of benzene rings is 2. The first-order chi connectivity index (χ1) is 13.8. The summed E-state index contributed by atoms with van der Waals surface area (Å²) in [4.78, 5) is 38.3. The van der Waals surface area contributed by atoms with Gasteiger partial charge in [0.1, 0.15) is 0 Å². The van der Waals surface area contributed by atoms with E-state index < -0.39 is 16.9 Å². The summed E-state index contributed by atoms with van der Waals surface area (Å²) in [5.74, 6) is -0.686. The average molecular weight is 396 g/mol. The highest BCUT2D eigenvalue weighted by Gasteiger charge is 2.27. The molecule has 0 unspecified atom stereocenters. The van der Waals surface area contributed by atoms with Gasteiger partial charge in [-0.05, 0) is 36.8 Å². The van der Waals surface area contributed by atoms with E-state index in [0.29, 0.717) is 22.4 Å². The van der Waals surface area contributed by atoms with E-state index in [4.69, 9.17) is 14.2 Å². The molecule has 0 bridgehead atoms. The number of nitro benzene ring substituents is 1. The Labute approximate surface area is 165 Å². The van der Waals surface area contributed by atoms with E-state index in [1.54, 1.807) is 25.1 Å². The van der Waals surface area contributed by atoms with Gasteiger partial charge in [0.15, 0.2) is 17.2 Å². The number of carbonyl (C=O) groups excluding carboxylic acids is 2. The minimum Gasteiger partial charge on any atom is -0.493 e. The maximum atomic E-state index is 12.2. The number of aliphatic imine (C=N–C) groups is 1. The molecule has 1 aliphatic heterocycles.